The van der Waals surface area contributed by atoms with E-state index in [1.54, 1.807) is 0 Å². The van der Waals surface area contributed by atoms with E-state index < -0.39 is 0 Å². The van der Waals surface area contributed by atoms with E-state index in [0.29, 0.717) is 6.61 Å². The molecule has 1 fully saturated rings. The van der Waals surface area contributed by atoms with Crippen LogP contribution in [0.2, 0.25) is 0 Å². The normalized spacial score (nSPS) is 17.0. The fourth-order valence-electron chi connectivity index (χ4n) is 5.50. The van der Waals surface area contributed by atoms with E-state index in [9.17, 15) is 0 Å². The van der Waals surface area contributed by atoms with Crippen LogP contribution < -0.4 is 0 Å². The molecule has 1 atom stereocenters. The molecule has 0 N–H and O–H groups in total. The van der Waals surface area contributed by atoms with E-state index in [2.05, 4.69) is 147 Å². The molecule has 0 unspecified atom stereocenters. The first-order valence-corrected chi connectivity index (χ1v) is 14.6. The predicted octanol–water partition coefficient (Wildman–Crippen LogP) is 10.4. The smallest absolute Gasteiger partial charge is 0.0729 e. The van der Waals surface area contributed by atoms with Crippen molar-refractivity contribution in [2.75, 3.05) is 6.61 Å². The summed E-state index contributed by atoms with van der Waals surface area (Å²) in [5.74, 6) is 0.801. The first kappa shape index (κ1) is 30.2. The Morgan fingerprint density at radius 1 is 0.535 bits per heavy atom. The van der Waals surface area contributed by atoms with Crippen molar-refractivity contribution in [3.63, 3.8) is 0 Å². The van der Waals surface area contributed by atoms with Crippen LogP contribution in [0.3, 0.4) is 0 Å². The number of hydrogen-bond donors (Lipinski definition) is 0. The van der Waals surface area contributed by atoms with Gasteiger partial charge in [0.25, 0.3) is 0 Å². The Balaban J connectivity index is 0.000000208. The Labute approximate surface area is 266 Å². The standard InChI is InChI=1S/C28H20.C12H16NO.Co/c1-5-13-21(14-6-1)25-26(22-15-7-2-8-16-22)28(24-19-11-4-12-20-24)27(25)23-17-9-3-10-18-23;1-12(2,3)10-8-14-11(13-10)9-6-4-5-7-9;/h1-20H;4-7,10H,8H2,1-3H3;/q;-1;/t;10-;/m.1./s1. The maximum absolute atomic E-state index is 5.59. The second-order valence-corrected chi connectivity index (χ2v) is 11.8. The van der Waals surface area contributed by atoms with Crippen LogP contribution >= 0.6 is 0 Å². The molecule has 1 saturated heterocycles. The molecule has 0 saturated carbocycles. The van der Waals surface area contributed by atoms with Crippen molar-refractivity contribution in [1.29, 1.82) is 0 Å². The van der Waals surface area contributed by atoms with Gasteiger partial charge in [0.2, 0.25) is 0 Å². The number of rotatable bonds is 4. The number of nitrogens with zero attached hydrogens (tertiary/aromatic N) is 1. The van der Waals surface area contributed by atoms with Crippen LogP contribution in [-0.2, 0) is 21.5 Å². The van der Waals surface area contributed by atoms with Gasteiger partial charge in [0.05, 0.1) is 6.61 Å². The summed E-state index contributed by atoms with van der Waals surface area (Å²) in [6.07, 6.45) is 8.07. The van der Waals surface area contributed by atoms with Crippen LogP contribution in [0.15, 0.2) is 157 Å². The van der Waals surface area contributed by atoms with Gasteiger partial charge in [-0.05, 0) is 55.5 Å². The summed E-state index contributed by atoms with van der Waals surface area (Å²) in [6.45, 7) is 7.29. The molecule has 1 aliphatic heterocycles. The van der Waals surface area contributed by atoms with E-state index in [1.807, 2.05) is 24.3 Å². The largest absolute Gasteiger partial charge is 0.648 e. The summed E-state index contributed by atoms with van der Waals surface area (Å²) in [7, 11) is 0. The topological polar surface area (TPSA) is 23.3 Å². The molecule has 4 aromatic carbocycles. The molecule has 3 aliphatic rings. The Kier molecular flexibility index (Phi) is 9.35. The number of benzene rings is 4. The summed E-state index contributed by atoms with van der Waals surface area (Å²) in [5.41, 5.74) is 11.7. The van der Waals surface area contributed by atoms with Gasteiger partial charge in [-0.3, -0.25) is 0 Å². The minimum Gasteiger partial charge on any atom is -0.648 e. The molecular weight excluding hydrogens is 569 g/mol. The summed E-state index contributed by atoms with van der Waals surface area (Å²) in [4.78, 5) is 0. The van der Waals surface area contributed by atoms with Gasteiger partial charge in [0.15, 0.2) is 0 Å². The monoisotopic (exact) mass is 605 g/mol. The van der Waals surface area contributed by atoms with E-state index in [1.165, 1.54) is 44.5 Å². The average molecular weight is 606 g/mol. The van der Waals surface area contributed by atoms with E-state index in [-0.39, 0.29) is 28.2 Å². The first-order valence-electron chi connectivity index (χ1n) is 14.6. The zero-order chi connectivity index (χ0) is 28.9. The molecule has 0 amide bonds. The molecule has 0 spiro atoms. The molecule has 0 bridgehead atoms. The van der Waals surface area contributed by atoms with Crippen molar-refractivity contribution in [3.8, 4) is 0 Å². The van der Waals surface area contributed by atoms with Crippen molar-refractivity contribution >= 4 is 22.3 Å². The van der Waals surface area contributed by atoms with Crippen molar-refractivity contribution in [3.05, 3.63) is 185 Å². The van der Waals surface area contributed by atoms with E-state index >= 15 is 0 Å². The van der Waals surface area contributed by atoms with Gasteiger partial charge in [0.1, 0.15) is 0 Å². The Morgan fingerprint density at radius 3 is 1.14 bits per heavy atom. The van der Waals surface area contributed by atoms with Gasteiger partial charge >= 0.3 is 0 Å². The molecule has 7 rings (SSSR count). The van der Waals surface area contributed by atoms with Crippen LogP contribution in [0.5, 0.6) is 0 Å². The summed E-state index contributed by atoms with van der Waals surface area (Å²) >= 11 is 0. The molecule has 1 radical (unpaired) electrons. The average Bonchev–Trinajstić information content (AvgIpc) is 3.73. The van der Waals surface area contributed by atoms with Gasteiger partial charge in [-0.25, -0.2) is 0 Å². The molecule has 217 valence electrons. The number of ether oxygens (including phenoxy) is 1. The van der Waals surface area contributed by atoms with Gasteiger partial charge in [0, 0.05) is 22.7 Å². The van der Waals surface area contributed by atoms with Crippen LogP contribution in [0, 0.1) is 5.41 Å². The maximum atomic E-state index is 5.59. The van der Waals surface area contributed by atoms with Crippen LogP contribution in [0.25, 0.3) is 27.6 Å². The minimum absolute atomic E-state index is 0. The Hall–Kier alpha value is -4.31. The van der Waals surface area contributed by atoms with E-state index in [4.69, 9.17) is 4.74 Å². The second-order valence-electron chi connectivity index (χ2n) is 11.8. The van der Waals surface area contributed by atoms with Gasteiger partial charge in [-0.2, -0.15) is 0 Å². The van der Waals surface area contributed by atoms with Crippen molar-refractivity contribution in [2.24, 2.45) is 5.41 Å². The SMILES string of the molecule is CC(C)(C)[C@H]1COC(=C2C=CC=C2)[N-]1.[Co].c1ccc(C2=C(c3ccccc3)C(c3ccccc3)=C2c2ccccc2)cc1. The van der Waals surface area contributed by atoms with Crippen molar-refractivity contribution in [2.45, 2.75) is 26.8 Å². The molecule has 2 aliphatic carbocycles. The Morgan fingerprint density at radius 2 is 0.860 bits per heavy atom. The van der Waals surface area contributed by atoms with Gasteiger partial charge < -0.3 is 10.1 Å². The second kappa shape index (κ2) is 13.3. The summed E-state index contributed by atoms with van der Waals surface area (Å²) in [5, 5.41) is 4.60. The molecular formula is C40H36CoNO-. The van der Waals surface area contributed by atoms with Gasteiger partial charge in [-0.15, -0.1) is 0 Å². The van der Waals surface area contributed by atoms with Crippen molar-refractivity contribution < 1.29 is 21.5 Å². The minimum atomic E-state index is 0. The predicted molar refractivity (Wildman–Crippen MR) is 177 cm³/mol. The molecule has 1 heterocycles. The summed E-state index contributed by atoms with van der Waals surface area (Å²) < 4.78 is 5.59. The fraction of sp³-hybridized carbons (Fsp3) is 0.150. The quantitative estimate of drug-likeness (QED) is 0.227. The third-order valence-electron chi connectivity index (χ3n) is 7.81. The zero-order valence-corrected chi connectivity index (χ0v) is 25.9. The first-order chi connectivity index (χ1) is 20.5. The van der Waals surface area contributed by atoms with Crippen LogP contribution in [0.4, 0.5) is 0 Å². The molecule has 4 aromatic rings. The van der Waals surface area contributed by atoms with Gasteiger partial charge in [-0.1, -0.05) is 172 Å². The van der Waals surface area contributed by atoms with Crippen LogP contribution in [-0.4, -0.2) is 12.6 Å². The summed E-state index contributed by atoms with van der Waals surface area (Å²) in [6, 6.07) is 43.2. The number of hydrogen-bond acceptors (Lipinski definition) is 1. The molecule has 0 aromatic heterocycles. The van der Waals surface area contributed by atoms with E-state index in [0.717, 1.165) is 11.5 Å². The maximum Gasteiger partial charge on any atom is 0.0729 e. The fourth-order valence-corrected chi connectivity index (χ4v) is 5.50. The molecule has 2 nitrogen and oxygen atoms in total. The van der Waals surface area contributed by atoms with Crippen molar-refractivity contribution in [1.82, 2.24) is 0 Å². The van der Waals surface area contributed by atoms with Crippen LogP contribution in [0.1, 0.15) is 43.0 Å². The zero-order valence-electron chi connectivity index (χ0n) is 24.8. The molecule has 43 heavy (non-hydrogen) atoms. The third kappa shape index (κ3) is 6.54. The molecule has 3 heteroatoms. The third-order valence-corrected chi connectivity index (χ3v) is 7.81. The number of allylic oxidation sites excluding steroid dienone is 9. The Bertz CT molecular complexity index is 1470.